The molecule has 4 heteroatoms. The van der Waals surface area contributed by atoms with E-state index in [-0.39, 0.29) is 5.91 Å². The fraction of sp³-hybridized carbons (Fsp3) is 0.150. The third-order valence-corrected chi connectivity index (χ3v) is 3.81. The van der Waals surface area contributed by atoms with E-state index in [0.717, 1.165) is 17.1 Å². The van der Waals surface area contributed by atoms with Crippen LogP contribution in [-0.4, -0.2) is 22.4 Å². The van der Waals surface area contributed by atoms with Crippen molar-refractivity contribution in [2.24, 2.45) is 7.05 Å². The summed E-state index contributed by atoms with van der Waals surface area (Å²) in [6.45, 7) is 0.524. The van der Waals surface area contributed by atoms with Gasteiger partial charge in [-0.25, -0.2) is 0 Å². The summed E-state index contributed by atoms with van der Waals surface area (Å²) < 4.78 is 7.67. The van der Waals surface area contributed by atoms with Crippen LogP contribution in [0.2, 0.25) is 0 Å². The van der Waals surface area contributed by atoms with Crippen molar-refractivity contribution < 1.29 is 9.53 Å². The second-order valence-corrected chi connectivity index (χ2v) is 5.73. The molecule has 0 saturated carbocycles. The number of amides is 1. The molecule has 122 valence electrons. The molecule has 0 aliphatic rings. The van der Waals surface area contributed by atoms with E-state index < -0.39 is 0 Å². The van der Waals surface area contributed by atoms with E-state index in [4.69, 9.17) is 4.74 Å². The maximum atomic E-state index is 12.5. The fourth-order valence-corrected chi connectivity index (χ4v) is 2.56. The second-order valence-electron chi connectivity index (χ2n) is 5.73. The summed E-state index contributed by atoms with van der Waals surface area (Å²) in [5, 5.41) is 0. The Labute approximate surface area is 141 Å². The van der Waals surface area contributed by atoms with E-state index in [0.29, 0.717) is 12.2 Å². The summed E-state index contributed by atoms with van der Waals surface area (Å²) >= 11 is 0. The molecule has 0 spiro atoms. The molecule has 0 atom stereocenters. The minimum absolute atomic E-state index is 0.00289. The predicted octanol–water partition coefficient (Wildman–Crippen LogP) is 4.09. The third kappa shape index (κ3) is 3.66. The molecule has 1 amide bonds. The van der Waals surface area contributed by atoms with Crippen LogP contribution in [-0.2, 0) is 13.6 Å². The average molecular weight is 320 g/mol. The Kier molecular flexibility index (Phi) is 4.66. The van der Waals surface area contributed by atoms with Gasteiger partial charge in [-0.05, 0) is 42.0 Å². The monoisotopic (exact) mass is 320 g/mol. The van der Waals surface area contributed by atoms with Crippen molar-refractivity contribution in [3.63, 3.8) is 0 Å². The molecule has 0 saturated heterocycles. The van der Waals surface area contributed by atoms with Gasteiger partial charge < -0.3 is 14.2 Å². The van der Waals surface area contributed by atoms with Crippen molar-refractivity contribution in [3.8, 4) is 11.5 Å². The number of hydrogen-bond acceptors (Lipinski definition) is 2. The van der Waals surface area contributed by atoms with Crippen LogP contribution < -0.4 is 4.74 Å². The van der Waals surface area contributed by atoms with E-state index in [1.54, 1.807) is 11.9 Å². The molecular weight excluding hydrogens is 300 g/mol. The topological polar surface area (TPSA) is 34.5 Å². The number of ether oxygens (including phenoxy) is 1. The van der Waals surface area contributed by atoms with Gasteiger partial charge in [0, 0.05) is 26.8 Å². The lowest BCUT2D eigenvalue weighted by atomic mass is 10.2. The molecule has 0 fully saturated rings. The summed E-state index contributed by atoms with van der Waals surface area (Å²) in [4.78, 5) is 14.2. The van der Waals surface area contributed by atoms with Crippen LogP contribution in [0.25, 0.3) is 0 Å². The molecule has 0 bridgehead atoms. The van der Waals surface area contributed by atoms with Crippen molar-refractivity contribution in [3.05, 3.63) is 84.2 Å². The Morgan fingerprint density at radius 2 is 1.75 bits per heavy atom. The first-order valence-corrected chi connectivity index (χ1v) is 7.82. The van der Waals surface area contributed by atoms with E-state index in [2.05, 4.69) is 0 Å². The molecule has 3 rings (SSSR count). The van der Waals surface area contributed by atoms with Gasteiger partial charge in [0.1, 0.15) is 17.2 Å². The lowest BCUT2D eigenvalue weighted by Crippen LogP contribution is -2.27. The van der Waals surface area contributed by atoms with Crippen LogP contribution in [0.1, 0.15) is 16.1 Å². The molecule has 0 aliphatic carbocycles. The van der Waals surface area contributed by atoms with Gasteiger partial charge in [-0.15, -0.1) is 0 Å². The van der Waals surface area contributed by atoms with Crippen LogP contribution in [0.4, 0.5) is 0 Å². The molecule has 0 aliphatic heterocycles. The zero-order valence-electron chi connectivity index (χ0n) is 13.8. The van der Waals surface area contributed by atoms with Crippen molar-refractivity contribution in [1.82, 2.24) is 9.47 Å². The highest BCUT2D eigenvalue weighted by molar-refractivity contribution is 5.92. The van der Waals surface area contributed by atoms with Crippen molar-refractivity contribution in [2.45, 2.75) is 6.54 Å². The average Bonchev–Trinajstić information content (AvgIpc) is 3.01. The molecular formula is C20H20N2O2. The quantitative estimate of drug-likeness (QED) is 0.709. The van der Waals surface area contributed by atoms with Crippen molar-refractivity contribution in [2.75, 3.05) is 7.05 Å². The number of aromatic nitrogens is 1. The highest BCUT2D eigenvalue weighted by Crippen LogP contribution is 2.22. The maximum absolute atomic E-state index is 12.5. The van der Waals surface area contributed by atoms with Gasteiger partial charge in [0.25, 0.3) is 5.91 Å². The van der Waals surface area contributed by atoms with E-state index in [1.807, 2.05) is 84.5 Å². The molecule has 3 aromatic rings. The van der Waals surface area contributed by atoms with Gasteiger partial charge in [0.15, 0.2) is 0 Å². The number of carbonyl (C=O) groups is 1. The van der Waals surface area contributed by atoms with Crippen LogP contribution in [0.3, 0.4) is 0 Å². The summed E-state index contributed by atoms with van der Waals surface area (Å²) in [7, 11) is 3.68. The lowest BCUT2D eigenvalue weighted by molar-refractivity contribution is 0.0775. The largest absolute Gasteiger partial charge is 0.457 e. The number of hydrogen-bond donors (Lipinski definition) is 0. The first-order chi connectivity index (χ1) is 11.6. The Bertz CT molecular complexity index is 824. The normalized spacial score (nSPS) is 10.4. The molecule has 0 N–H and O–H groups in total. The van der Waals surface area contributed by atoms with Crippen molar-refractivity contribution in [1.29, 1.82) is 0 Å². The fourth-order valence-electron chi connectivity index (χ4n) is 2.56. The Hall–Kier alpha value is -3.01. The summed E-state index contributed by atoms with van der Waals surface area (Å²) in [6, 6.07) is 21.2. The van der Waals surface area contributed by atoms with Gasteiger partial charge >= 0.3 is 0 Å². The smallest absolute Gasteiger partial charge is 0.270 e. The molecule has 0 unspecified atom stereocenters. The summed E-state index contributed by atoms with van der Waals surface area (Å²) in [6.07, 6.45) is 1.87. The van der Waals surface area contributed by atoms with Crippen LogP contribution in [0, 0.1) is 0 Å². The van der Waals surface area contributed by atoms with Crippen LogP contribution >= 0.6 is 0 Å². The lowest BCUT2D eigenvalue weighted by Gasteiger charge is -2.18. The number of para-hydroxylation sites is 1. The second kappa shape index (κ2) is 7.04. The zero-order valence-corrected chi connectivity index (χ0v) is 13.8. The predicted molar refractivity (Wildman–Crippen MR) is 94.2 cm³/mol. The Morgan fingerprint density at radius 3 is 2.46 bits per heavy atom. The SMILES string of the molecule is CN(Cc1cccc(Oc2ccccc2)c1)C(=O)c1cccn1C. The van der Waals surface area contributed by atoms with E-state index in [9.17, 15) is 4.79 Å². The summed E-state index contributed by atoms with van der Waals surface area (Å²) in [5.74, 6) is 1.55. The molecule has 2 aromatic carbocycles. The van der Waals surface area contributed by atoms with Gasteiger partial charge in [-0.3, -0.25) is 4.79 Å². The van der Waals surface area contributed by atoms with Crippen LogP contribution in [0.5, 0.6) is 11.5 Å². The van der Waals surface area contributed by atoms with E-state index in [1.165, 1.54) is 0 Å². The summed E-state index contributed by atoms with van der Waals surface area (Å²) in [5.41, 5.74) is 1.70. The number of benzene rings is 2. The highest BCUT2D eigenvalue weighted by atomic mass is 16.5. The first kappa shape index (κ1) is 15.9. The van der Waals surface area contributed by atoms with Gasteiger partial charge in [-0.2, -0.15) is 0 Å². The molecule has 1 heterocycles. The van der Waals surface area contributed by atoms with Crippen LogP contribution in [0.15, 0.2) is 72.9 Å². The minimum atomic E-state index is -0.00289. The highest BCUT2D eigenvalue weighted by Gasteiger charge is 2.14. The van der Waals surface area contributed by atoms with Gasteiger partial charge in [-0.1, -0.05) is 30.3 Å². The van der Waals surface area contributed by atoms with Gasteiger partial charge in [0.05, 0.1) is 0 Å². The maximum Gasteiger partial charge on any atom is 0.270 e. The molecule has 4 nitrogen and oxygen atoms in total. The third-order valence-electron chi connectivity index (χ3n) is 3.81. The molecule has 24 heavy (non-hydrogen) atoms. The van der Waals surface area contributed by atoms with Gasteiger partial charge in [0.2, 0.25) is 0 Å². The van der Waals surface area contributed by atoms with Crippen molar-refractivity contribution >= 4 is 5.91 Å². The van der Waals surface area contributed by atoms with E-state index >= 15 is 0 Å². The number of carbonyl (C=O) groups excluding carboxylic acids is 1. The Balaban J connectivity index is 1.70. The Morgan fingerprint density at radius 1 is 1.00 bits per heavy atom. The number of rotatable bonds is 5. The standard InChI is InChI=1S/C20H20N2O2/c1-21-13-7-12-19(21)20(23)22(2)15-16-8-6-11-18(14-16)24-17-9-4-3-5-10-17/h3-14H,15H2,1-2H3. The first-order valence-electron chi connectivity index (χ1n) is 7.82. The number of nitrogens with zero attached hydrogens (tertiary/aromatic N) is 2. The molecule has 1 aromatic heterocycles. The zero-order chi connectivity index (χ0) is 16.9. The molecule has 0 radical (unpaired) electrons. The minimum Gasteiger partial charge on any atom is -0.457 e. The number of aryl methyl sites for hydroxylation is 1.